The molecule has 72 valence electrons. The van der Waals surface area contributed by atoms with E-state index in [0.29, 0.717) is 12.4 Å². The van der Waals surface area contributed by atoms with Crippen LogP contribution in [-0.4, -0.2) is 26.8 Å². The minimum absolute atomic E-state index is 0.115. The van der Waals surface area contributed by atoms with Crippen LogP contribution >= 0.6 is 0 Å². The van der Waals surface area contributed by atoms with Crippen molar-refractivity contribution in [3.05, 3.63) is 5.82 Å². The van der Waals surface area contributed by atoms with E-state index in [0.717, 1.165) is 0 Å². The Labute approximate surface area is 77.1 Å². The van der Waals surface area contributed by atoms with Crippen molar-refractivity contribution >= 4 is 0 Å². The van der Waals surface area contributed by atoms with Crippen molar-refractivity contribution in [2.75, 3.05) is 6.61 Å². The van der Waals surface area contributed by atoms with Gasteiger partial charge in [0, 0.05) is 0 Å². The fourth-order valence-electron chi connectivity index (χ4n) is 0.947. The largest absolute Gasteiger partial charge is 0.361 e. The molecule has 1 aliphatic heterocycles. The number of nitrogens with zero attached hydrogens (tertiary/aromatic N) is 4. The van der Waals surface area contributed by atoms with Crippen LogP contribution in [0.15, 0.2) is 0 Å². The second kappa shape index (κ2) is 2.29. The minimum atomic E-state index is -0.274. The number of rotatable bonds is 1. The maximum atomic E-state index is 5.23. The quantitative estimate of drug-likeness (QED) is 0.599. The molecule has 0 spiro atoms. The molecule has 2 rings (SSSR count). The van der Waals surface area contributed by atoms with Gasteiger partial charge in [-0.05, 0) is 32.9 Å². The third-order valence-electron chi connectivity index (χ3n) is 2.06. The monoisotopic (exact) mass is 182 g/mol. The smallest absolute Gasteiger partial charge is 0.208 e. The Hall–Kier alpha value is -0.970. The zero-order valence-electron chi connectivity index (χ0n) is 8.40. The molecule has 1 aromatic heterocycles. The van der Waals surface area contributed by atoms with Gasteiger partial charge < -0.3 is 4.74 Å². The van der Waals surface area contributed by atoms with Crippen LogP contribution < -0.4 is 0 Å². The van der Waals surface area contributed by atoms with E-state index in [1.165, 1.54) is 0 Å². The van der Waals surface area contributed by atoms with Gasteiger partial charge in [-0.15, -0.1) is 10.2 Å². The summed E-state index contributed by atoms with van der Waals surface area (Å²) in [6.45, 7) is 8.78. The van der Waals surface area contributed by atoms with Gasteiger partial charge >= 0.3 is 0 Å². The molecule has 0 amide bonds. The van der Waals surface area contributed by atoms with Gasteiger partial charge in [-0.25, -0.2) is 0 Å². The van der Waals surface area contributed by atoms with Crippen molar-refractivity contribution < 1.29 is 4.74 Å². The normalized spacial score (nSPS) is 27.7. The average Bonchev–Trinajstić information content (AvgIpc) is 2.60. The number of hydrogen-bond acceptors (Lipinski definition) is 4. The first-order valence-corrected chi connectivity index (χ1v) is 4.37. The summed E-state index contributed by atoms with van der Waals surface area (Å²) >= 11 is 0. The molecule has 0 radical (unpaired) electrons. The second-order valence-corrected chi connectivity index (χ2v) is 4.59. The number of epoxide rings is 1. The van der Waals surface area contributed by atoms with Crippen molar-refractivity contribution in [2.24, 2.45) is 0 Å². The van der Waals surface area contributed by atoms with Gasteiger partial charge in [0.1, 0.15) is 0 Å². The van der Waals surface area contributed by atoms with E-state index in [2.05, 4.69) is 15.4 Å². The topological polar surface area (TPSA) is 56.1 Å². The van der Waals surface area contributed by atoms with Crippen molar-refractivity contribution in [1.29, 1.82) is 0 Å². The number of tetrazole rings is 1. The number of hydrogen-bond donors (Lipinski definition) is 0. The van der Waals surface area contributed by atoms with Crippen LogP contribution in [0.1, 0.15) is 33.5 Å². The van der Waals surface area contributed by atoms with Crippen LogP contribution in [0.4, 0.5) is 0 Å². The first kappa shape index (κ1) is 8.62. The van der Waals surface area contributed by atoms with E-state index in [-0.39, 0.29) is 11.1 Å². The summed E-state index contributed by atoms with van der Waals surface area (Å²) in [6.07, 6.45) is 0. The van der Waals surface area contributed by atoms with Gasteiger partial charge in [0.05, 0.1) is 12.1 Å². The van der Waals surface area contributed by atoms with Crippen molar-refractivity contribution in [3.8, 4) is 0 Å². The Bertz CT molecular complexity index is 301. The zero-order chi connectivity index (χ0) is 9.69. The van der Waals surface area contributed by atoms with Crippen molar-refractivity contribution in [1.82, 2.24) is 20.2 Å². The van der Waals surface area contributed by atoms with Crippen molar-refractivity contribution in [2.45, 2.75) is 38.8 Å². The first-order chi connectivity index (χ1) is 5.92. The van der Waals surface area contributed by atoms with Crippen LogP contribution in [0.3, 0.4) is 0 Å². The van der Waals surface area contributed by atoms with Crippen molar-refractivity contribution in [3.63, 3.8) is 0 Å². The highest BCUT2D eigenvalue weighted by Crippen LogP contribution is 2.35. The van der Waals surface area contributed by atoms with Crippen LogP contribution in [-0.2, 0) is 15.9 Å². The summed E-state index contributed by atoms with van der Waals surface area (Å²) in [4.78, 5) is 1.62. The molecule has 1 aliphatic rings. The van der Waals surface area contributed by atoms with E-state index in [9.17, 15) is 0 Å². The Morgan fingerprint density at radius 2 is 2.08 bits per heavy atom. The lowest BCUT2D eigenvalue weighted by Gasteiger charge is -2.15. The van der Waals surface area contributed by atoms with E-state index in [1.807, 2.05) is 27.7 Å². The number of ether oxygens (including phenoxy) is 1. The molecular weight excluding hydrogens is 168 g/mol. The van der Waals surface area contributed by atoms with E-state index in [4.69, 9.17) is 4.74 Å². The lowest BCUT2D eigenvalue weighted by Crippen LogP contribution is -2.25. The summed E-state index contributed by atoms with van der Waals surface area (Å²) in [5, 5.41) is 12.2. The third kappa shape index (κ3) is 1.44. The molecule has 0 N–H and O–H groups in total. The highest BCUT2D eigenvalue weighted by atomic mass is 16.6. The highest BCUT2D eigenvalue weighted by Gasteiger charge is 2.46. The molecule has 1 saturated heterocycles. The van der Waals surface area contributed by atoms with Gasteiger partial charge in [-0.2, -0.15) is 4.80 Å². The average molecular weight is 182 g/mol. The molecule has 1 aromatic rings. The van der Waals surface area contributed by atoms with Crippen LogP contribution in [0, 0.1) is 0 Å². The summed E-state index contributed by atoms with van der Waals surface area (Å²) in [7, 11) is 0. The van der Waals surface area contributed by atoms with Crippen LogP contribution in [0.2, 0.25) is 0 Å². The van der Waals surface area contributed by atoms with E-state index in [1.54, 1.807) is 4.80 Å². The predicted octanol–water partition coefficient (Wildman–Crippen LogP) is 0.673. The first-order valence-electron chi connectivity index (χ1n) is 4.37. The Balaban J connectivity index is 2.29. The van der Waals surface area contributed by atoms with Crippen LogP contribution in [0.25, 0.3) is 0 Å². The van der Waals surface area contributed by atoms with Gasteiger partial charge in [0.25, 0.3) is 0 Å². The Kier molecular flexibility index (Phi) is 1.52. The lowest BCUT2D eigenvalue weighted by molar-refractivity contribution is 0.293. The third-order valence-corrected chi connectivity index (χ3v) is 2.06. The fraction of sp³-hybridized carbons (Fsp3) is 0.875. The number of aromatic nitrogens is 4. The maximum Gasteiger partial charge on any atom is 0.208 e. The molecular formula is C8H14N4O. The fourth-order valence-corrected chi connectivity index (χ4v) is 0.947. The summed E-state index contributed by atoms with van der Waals surface area (Å²) in [5.41, 5.74) is -0.389. The standard InChI is InChI=1S/C8H14N4O/c1-7(2,3)12-10-6(9-11-12)8(4)5-13-8/h5H2,1-4H3. The Morgan fingerprint density at radius 3 is 2.46 bits per heavy atom. The molecule has 0 saturated carbocycles. The van der Waals surface area contributed by atoms with Crippen LogP contribution in [0.5, 0.6) is 0 Å². The highest BCUT2D eigenvalue weighted by molar-refractivity contribution is 5.04. The van der Waals surface area contributed by atoms with E-state index < -0.39 is 0 Å². The maximum absolute atomic E-state index is 5.23. The lowest BCUT2D eigenvalue weighted by atomic mass is 10.1. The molecule has 2 heterocycles. The summed E-state index contributed by atoms with van der Waals surface area (Å²) in [6, 6.07) is 0. The van der Waals surface area contributed by atoms with Gasteiger partial charge in [-0.1, -0.05) is 0 Å². The molecule has 1 atom stereocenters. The summed E-state index contributed by atoms with van der Waals surface area (Å²) < 4.78 is 5.23. The molecule has 0 aliphatic carbocycles. The van der Waals surface area contributed by atoms with Gasteiger partial charge in [0.2, 0.25) is 5.82 Å². The van der Waals surface area contributed by atoms with Gasteiger partial charge in [0.15, 0.2) is 5.60 Å². The molecule has 0 aromatic carbocycles. The zero-order valence-corrected chi connectivity index (χ0v) is 8.40. The SMILES string of the molecule is CC1(c2nnn(C(C)(C)C)n2)CO1. The second-order valence-electron chi connectivity index (χ2n) is 4.59. The predicted molar refractivity (Wildman–Crippen MR) is 46.1 cm³/mol. The minimum Gasteiger partial charge on any atom is -0.361 e. The molecule has 1 fully saturated rings. The van der Waals surface area contributed by atoms with Gasteiger partial charge in [-0.3, -0.25) is 0 Å². The van der Waals surface area contributed by atoms with E-state index >= 15 is 0 Å². The molecule has 0 bridgehead atoms. The Morgan fingerprint density at radius 1 is 1.46 bits per heavy atom. The molecule has 1 unspecified atom stereocenters. The molecule has 13 heavy (non-hydrogen) atoms. The molecule has 5 heteroatoms. The molecule has 5 nitrogen and oxygen atoms in total. The summed E-state index contributed by atoms with van der Waals surface area (Å²) in [5.74, 6) is 0.683.